The minimum Gasteiger partial charge on any atom is -0.504 e. The summed E-state index contributed by atoms with van der Waals surface area (Å²) in [5, 5.41) is 9.50. The molecule has 0 aromatic heterocycles. The van der Waals surface area contributed by atoms with Crippen molar-refractivity contribution in [3.8, 4) is 5.75 Å². The second-order valence-electron chi connectivity index (χ2n) is 6.52. The van der Waals surface area contributed by atoms with Crippen molar-refractivity contribution in [3.05, 3.63) is 40.3 Å². The topological polar surface area (TPSA) is 40.5 Å². The molecule has 124 valence electrons. The summed E-state index contributed by atoms with van der Waals surface area (Å²) in [6.07, 6.45) is 9.82. The molecule has 3 rings (SSSR count). The number of carbonyl (C=O) groups excluding carboxylic acids is 1. The normalized spacial score (nSPS) is 24.5. The molecule has 1 aliphatic carbocycles. The predicted molar refractivity (Wildman–Crippen MR) is 87.8 cm³/mol. The number of allylic oxidation sites excluding steroid dienone is 1. The molecule has 5 heteroatoms. The zero-order valence-corrected chi connectivity index (χ0v) is 13.9. The van der Waals surface area contributed by atoms with Crippen LogP contribution in [0.5, 0.6) is 5.75 Å². The Hall–Kier alpha value is -1.55. The summed E-state index contributed by atoms with van der Waals surface area (Å²) in [7, 11) is 0. The summed E-state index contributed by atoms with van der Waals surface area (Å²) in [6.45, 7) is 2.53. The maximum absolute atomic E-state index is 14.1. The Kier molecular flexibility index (Phi) is 4.62. The van der Waals surface area contributed by atoms with Crippen LogP contribution in [0.4, 0.5) is 4.39 Å². The Bertz CT molecular complexity index is 651. The second-order valence-corrected chi connectivity index (χ2v) is 6.93. The van der Waals surface area contributed by atoms with Gasteiger partial charge < -0.3 is 10.0 Å². The van der Waals surface area contributed by atoms with Gasteiger partial charge in [0.25, 0.3) is 5.91 Å². The molecule has 0 saturated heterocycles. The number of fused-ring (bicyclic) bond motifs is 1. The van der Waals surface area contributed by atoms with Crippen molar-refractivity contribution in [1.29, 1.82) is 0 Å². The SMILES string of the molecule is CCC1CCC(C=CN2Cc3cc(Cl)c(O)c(F)c3C2=O)CC1. The van der Waals surface area contributed by atoms with E-state index in [1.54, 1.807) is 6.20 Å². The maximum Gasteiger partial charge on any atom is 0.261 e. The lowest BCUT2D eigenvalue weighted by Gasteiger charge is -2.26. The molecule has 0 atom stereocenters. The Morgan fingerprint density at radius 3 is 2.74 bits per heavy atom. The van der Waals surface area contributed by atoms with Crippen LogP contribution in [0.1, 0.15) is 54.9 Å². The molecule has 0 radical (unpaired) electrons. The van der Waals surface area contributed by atoms with Gasteiger partial charge in [-0.1, -0.05) is 31.0 Å². The van der Waals surface area contributed by atoms with E-state index in [9.17, 15) is 14.3 Å². The number of rotatable bonds is 3. The van der Waals surface area contributed by atoms with Crippen LogP contribution in [0.15, 0.2) is 18.3 Å². The number of halogens is 2. The zero-order valence-electron chi connectivity index (χ0n) is 13.2. The number of nitrogens with zero attached hydrogens (tertiary/aromatic N) is 1. The van der Waals surface area contributed by atoms with Crippen molar-refractivity contribution in [1.82, 2.24) is 4.90 Å². The molecular weight excluding hydrogens is 317 g/mol. The lowest BCUT2D eigenvalue weighted by Crippen LogP contribution is -2.19. The third kappa shape index (κ3) is 3.09. The van der Waals surface area contributed by atoms with E-state index in [0.717, 1.165) is 18.8 Å². The van der Waals surface area contributed by atoms with Gasteiger partial charge in [-0.25, -0.2) is 4.39 Å². The molecule has 0 unspecified atom stereocenters. The van der Waals surface area contributed by atoms with Crippen molar-refractivity contribution < 1.29 is 14.3 Å². The van der Waals surface area contributed by atoms with Gasteiger partial charge in [0.05, 0.1) is 17.1 Å². The summed E-state index contributed by atoms with van der Waals surface area (Å²) in [6, 6.07) is 1.47. The first-order valence-electron chi connectivity index (χ1n) is 8.20. The number of phenolic OH excluding ortho intramolecular Hbond substituents is 1. The van der Waals surface area contributed by atoms with Gasteiger partial charge in [-0.3, -0.25) is 4.79 Å². The summed E-state index contributed by atoms with van der Waals surface area (Å²) in [5.74, 6) is -0.671. The van der Waals surface area contributed by atoms with E-state index < -0.39 is 17.5 Å². The molecule has 1 N–H and O–H groups in total. The highest BCUT2D eigenvalue weighted by atomic mass is 35.5. The van der Waals surface area contributed by atoms with Crippen LogP contribution in [0.25, 0.3) is 0 Å². The standard InChI is InChI=1S/C18H21ClFNO2/c1-2-11-3-5-12(6-4-11)7-8-21-10-13-9-14(19)17(22)16(20)15(13)18(21)23/h7-9,11-12,22H,2-6,10H2,1H3. The molecular formula is C18H21ClFNO2. The number of benzene rings is 1. The third-order valence-corrected chi connectivity index (χ3v) is 5.39. The van der Waals surface area contributed by atoms with Gasteiger partial charge in [-0.05, 0) is 49.1 Å². The lowest BCUT2D eigenvalue weighted by atomic mass is 9.81. The molecule has 1 aliphatic heterocycles. The van der Waals surface area contributed by atoms with Crippen LogP contribution in [0, 0.1) is 17.7 Å². The highest BCUT2D eigenvalue weighted by Crippen LogP contribution is 2.36. The Morgan fingerprint density at radius 2 is 2.09 bits per heavy atom. The quantitative estimate of drug-likeness (QED) is 0.854. The monoisotopic (exact) mass is 337 g/mol. The van der Waals surface area contributed by atoms with E-state index in [0.29, 0.717) is 18.0 Å². The van der Waals surface area contributed by atoms with Gasteiger partial charge in [0, 0.05) is 6.20 Å². The first kappa shape index (κ1) is 16.3. The summed E-state index contributed by atoms with van der Waals surface area (Å²) >= 11 is 5.78. The highest BCUT2D eigenvalue weighted by molar-refractivity contribution is 6.32. The molecule has 1 saturated carbocycles. The molecule has 1 aromatic rings. The van der Waals surface area contributed by atoms with Crippen molar-refractivity contribution in [2.45, 2.75) is 45.6 Å². The third-order valence-electron chi connectivity index (χ3n) is 5.10. The van der Waals surface area contributed by atoms with Crippen LogP contribution in [0.2, 0.25) is 5.02 Å². The molecule has 0 bridgehead atoms. The number of amides is 1. The maximum atomic E-state index is 14.1. The van der Waals surface area contributed by atoms with E-state index >= 15 is 0 Å². The predicted octanol–water partition coefficient (Wildman–Crippen LogP) is 4.87. The number of hydrogen-bond donors (Lipinski definition) is 1. The lowest BCUT2D eigenvalue weighted by molar-refractivity contribution is 0.0837. The van der Waals surface area contributed by atoms with E-state index in [1.165, 1.54) is 30.2 Å². The van der Waals surface area contributed by atoms with Crippen LogP contribution in [-0.4, -0.2) is 15.9 Å². The highest BCUT2D eigenvalue weighted by Gasteiger charge is 2.32. The van der Waals surface area contributed by atoms with E-state index in [1.807, 2.05) is 0 Å². The minimum atomic E-state index is -0.920. The van der Waals surface area contributed by atoms with Crippen LogP contribution in [0.3, 0.4) is 0 Å². The summed E-state index contributed by atoms with van der Waals surface area (Å²) < 4.78 is 14.1. The number of hydrogen-bond acceptors (Lipinski definition) is 2. The van der Waals surface area contributed by atoms with E-state index in [2.05, 4.69) is 13.0 Å². The molecule has 1 aromatic carbocycles. The van der Waals surface area contributed by atoms with Gasteiger partial charge in [0.2, 0.25) is 0 Å². The average molecular weight is 338 g/mol. The fraction of sp³-hybridized carbons (Fsp3) is 0.500. The van der Waals surface area contributed by atoms with Crippen molar-refractivity contribution in [3.63, 3.8) is 0 Å². The summed E-state index contributed by atoms with van der Waals surface area (Å²) in [4.78, 5) is 13.8. The minimum absolute atomic E-state index is 0.0576. The smallest absolute Gasteiger partial charge is 0.261 e. The molecule has 2 aliphatic rings. The molecule has 0 spiro atoms. The first-order chi connectivity index (χ1) is 11.0. The average Bonchev–Trinajstić information content (AvgIpc) is 2.87. The largest absolute Gasteiger partial charge is 0.504 e. The molecule has 23 heavy (non-hydrogen) atoms. The number of phenols is 1. The molecule has 1 fully saturated rings. The van der Waals surface area contributed by atoms with Crippen molar-refractivity contribution in [2.24, 2.45) is 11.8 Å². The van der Waals surface area contributed by atoms with E-state index in [4.69, 9.17) is 11.6 Å². The Balaban J connectivity index is 1.71. The fourth-order valence-electron chi connectivity index (χ4n) is 3.55. The van der Waals surface area contributed by atoms with Crippen LogP contribution in [-0.2, 0) is 6.54 Å². The molecule has 1 heterocycles. The van der Waals surface area contributed by atoms with Crippen molar-refractivity contribution in [2.75, 3.05) is 0 Å². The van der Waals surface area contributed by atoms with Gasteiger partial charge in [0.15, 0.2) is 11.6 Å². The molecule has 1 amide bonds. The Morgan fingerprint density at radius 1 is 1.39 bits per heavy atom. The second kappa shape index (κ2) is 6.52. The zero-order chi connectivity index (χ0) is 16.6. The van der Waals surface area contributed by atoms with Gasteiger partial charge in [0.1, 0.15) is 0 Å². The first-order valence-corrected chi connectivity index (χ1v) is 8.58. The van der Waals surface area contributed by atoms with Crippen LogP contribution < -0.4 is 0 Å². The number of aromatic hydroxyl groups is 1. The Labute approximate surface area is 140 Å². The van der Waals surface area contributed by atoms with Gasteiger partial charge in [-0.2, -0.15) is 0 Å². The fourth-order valence-corrected chi connectivity index (χ4v) is 3.76. The summed E-state index contributed by atoms with van der Waals surface area (Å²) in [5.41, 5.74) is 0.459. The van der Waals surface area contributed by atoms with E-state index in [-0.39, 0.29) is 10.6 Å². The van der Waals surface area contributed by atoms with Gasteiger partial charge in [-0.15, -0.1) is 0 Å². The number of carbonyl (C=O) groups is 1. The molecule has 3 nitrogen and oxygen atoms in total. The van der Waals surface area contributed by atoms with Crippen molar-refractivity contribution >= 4 is 17.5 Å². The van der Waals surface area contributed by atoms with Gasteiger partial charge >= 0.3 is 0 Å². The van der Waals surface area contributed by atoms with Crippen LogP contribution >= 0.6 is 11.6 Å².